The average molecular weight is 134 g/mol. The first kappa shape index (κ1) is 8.55. The summed E-state index contributed by atoms with van der Waals surface area (Å²) in [6.45, 7) is 1.25. The van der Waals surface area contributed by atoms with E-state index in [1.807, 2.05) is 0 Å². The lowest BCUT2D eigenvalue weighted by Crippen LogP contribution is -2.35. The molecule has 54 valence electrons. The molecule has 0 aromatic heterocycles. The van der Waals surface area contributed by atoms with Crippen molar-refractivity contribution in [2.24, 2.45) is 5.73 Å². The molecule has 0 aromatic carbocycles. The summed E-state index contributed by atoms with van der Waals surface area (Å²) in [5, 5.41) is 15.7. The van der Waals surface area contributed by atoms with E-state index in [1.165, 1.54) is 6.92 Å². The van der Waals surface area contributed by atoms with E-state index in [4.69, 9.17) is 15.9 Å². The van der Waals surface area contributed by atoms with Gasteiger partial charge in [-0.1, -0.05) is 0 Å². The molecule has 4 heteroatoms. The first-order valence-electron chi connectivity index (χ1n) is 2.71. The predicted octanol–water partition coefficient (Wildman–Crippen LogP) is -2.01. The fourth-order valence-corrected chi connectivity index (χ4v) is 0.400. The van der Waals surface area contributed by atoms with Crippen molar-refractivity contribution in [2.75, 3.05) is 6.54 Å². The van der Waals surface area contributed by atoms with Crippen LogP contribution in [-0.2, 0) is 4.79 Å². The molecule has 0 fully saturated rings. The van der Waals surface area contributed by atoms with Gasteiger partial charge in [-0.2, -0.15) is 0 Å². The molecule has 2 atom stereocenters. The lowest BCUT2D eigenvalue weighted by atomic mass is 10.1. The van der Waals surface area contributed by atoms with Crippen LogP contribution >= 0.6 is 0 Å². The summed E-state index contributed by atoms with van der Waals surface area (Å²) in [5.74, 6) is -0.475. The molecule has 0 rings (SSSR count). The second-order valence-corrected chi connectivity index (χ2v) is 1.90. The maximum atomic E-state index is 10.5. The molecule has 5 N–H and O–H groups in total. The quantitative estimate of drug-likeness (QED) is 0.437. The van der Waals surface area contributed by atoms with Crippen LogP contribution in [0.1, 0.15) is 6.92 Å². The Kier molecular flexibility index (Phi) is 3.37. The van der Waals surface area contributed by atoms with Crippen LogP contribution in [0, 0.1) is 0 Å². The fourth-order valence-electron chi connectivity index (χ4n) is 0.400. The summed E-state index contributed by atoms with van der Waals surface area (Å²) in [5.41, 5.74) is 4.92. The van der Waals surface area contributed by atoms with Crippen LogP contribution in [0.15, 0.2) is 0 Å². The zero-order valence-electron chi connectivity index (χ0n) is 5.29. The number of ketones is 1. The number of aliphatic hydroxyl groups is 1. The number of carbonyl (C=O) groups is 1. The van der Waals surface area contributed by atoms with Gasteiger partial charge in [0.25, 0.3) is 0 Å². The highest BCUT2D eigenvalue weighted by Gasteiger charge is 2.21. The van der Waals surface area contributed by atoms with Crippen LogP contribution in [0.4, 0.5) is 0 Å². The lowest BCUT2D eigenvalue weighted by molar-refractivity contribution is -0.130. The first-order valence-corrected chi connectivity index (χ1v) is 2.71. The molecule has 0 aromatic rings. The third-order valence-electron chi connectivity index (χ3n) is 1.00. The minimum absolute atomic E-state index is 0.190. The molecule has 0 amide bonds. The molecule has 0 saturated heterocycles. The van der Waals surface area contributed by atoms with Gasteiger partial charge in [-0.3, -0.25) is 4.79 Å². The van der Waals surface area contributed by atoms with E-state index in [0.717, 1.165) is 0 Å². The smallest absolute Gasteiger partial charge is 0.185 e. The van der Waals surface area contributed by atoms with Gasteiger partial charge in [0.2, 0.25) is 0 Å². The number of hydrogen-bond acceptors (Lipinski definition) is 3. The SMILES string of the molecule is C[C@H]([OH2+])[C@H](O)C(=O)CN. The number of rotatable bonds is 3. The van der Waals surface area contributed by atoms with Gasteiger partial charge >= 0.3 is 0 Å². The van der Waals surface area contributed by atoms with Crippen molar-refractivity contribution in [1.29, 1.82) is 0 Å². The number of aliphatic hydroxyl groups excluding tert-OH is 1. The van der Waals surface area contributed by atoms with Crippen molar-refractivity contribution in [3.63, 3.8) is 0 Å². The maximum Gasteiger partial charge on any atom is 0.185 e. The highest BCUT2D eigenvalue weighted by molar-refractivity contribution is 5.84. The van der Waals surface area contributed by atoms with E-state index in [2.05, 4.69) is 0 Å². The van der Waals surface area contributed by atoms with E-state index in [-0.39, 0.29) is 6.54 Å². The van der Waals surface area contributed by atoms with E-state index in [0.29, 0.717) is 0 Å². The Labute approximate surface area is 53.3 Å². The van der Waals surface area contributed by atoms with Crippen molar-refractivity contribution in [3.05, 3.63) is 0 Å². The molecule has 0 unspecified atom stereocenters. The molecule has 0 spiro atoms. The highest BCUT2D eigenvalue weighted by Crippen LogP contribution is 1.91. The van der Waals surface area contributed by atoms with Gasteiger partial charge in [-0.25, -0.2) is 0 Å². The number of Topliss-reactive ketones (excluding diaryl/α,β-unsaturated/α-hetero) is 1. The van der Waals surface area contributed by atoms with Gasteiger partial charge in [0.1, 0.15) is 0 Å². The topological polar surface area (TPSA) is 86.2 Å². The molecule has 0 radical (unpaired) electrons. The maximum absolute atomic E-state index is 10.5. The molecule has 4 nitrogen and oxygen atoms in total. The average Bonchev–Trinajstić information content (AvgIpc) is 1.84. The summed E-state index contributed by atoms with van der Waals surface area (Å²) in [6.07, 6.45) is -1.99. The Morgan fingerprint density at radius 3 is 2.44 bits per heavy atom. The normalized spacial score (nSPS) is 16.9. The van der Waals surface area contributed by atoms with E-state index >= 15 is 0 Å². The second kappa shape index (κ2) is 3.55. The molecular formula is C5H12NO3+. The van der Waals surface area contributed by atoms with Gasteiger partial charge in [0.15, 0.2) is 18.0 Å². The van der Waals surface area contributed by atoms with E-state index < -0.39 is 18.0 Å². The molecule has 0 bridgehead atoms. The van der Waals surface area contributed by atoms with Gasteiger partial charge < -0.3 is 15.9 Å². The summed E-state index contributed by atoms with van der Waals surface area (Å²) >= 11 is 0. The Morgan fingerprint density at radius 1 is 1.89 bits per heavy atom. The largest absolute Gasteiger partial charge is 0.441 e. The number of hydrogen-bond donors (Lipinski definition) is 2. The molecule has 0 aliphatic carbocycles. The van der Waals surface area contributed by atoms with Gasteiger partial charge in [0, 0.05) is 6.92 Å². The van der Waals surface area contributed by atoms with Crippen LogP contribution in [0.3, 0.4) is 0 Å². The summed E-state index contributed by atoms with van der Waals surface area (Å²) < 4.78 is 0. The molecule has 9 heavy (non-hydrogen) atoms. The number of nitrogens with two attached hydrogens (primary N) is 1. The monoisotopic (exact) mass is 134 g/mol. The van der Waals surface area contributed by atoms with E-state index in [9.17, 15) is 4.79 Å². The standard InChI is InChI=1S/C5H11NO3/c1-3(7)5(9)4(8)2-6/h3,5,7,9H,2,6H2,1H3/p+1/t3-,5-/m0/s1. The number of carbonyl (C=O) groups excluding carboxylic acids is 1. The zero-order chi connectivity index (χ0) is 7.44. The van der Waals surface area contributed by atoms with Crippen molar-refractivity contribution < 1.29 is 15.0 Å². The van der Waals surface area contributed by atoms with Crippen molar-refractivity contribution in [3.8, 4) is 0 Å². The fraction of sp³-hybridized carbons (Fsp3) is 0.800. The zero-order valence-corrected chi connectivity index (χ0v) is 5.29. The van der Waals surface area contributed by atoms with Crippen LogP contribution < -0.4 is 5.73 Å². The van der Waals surface area contributed by atoms with E-state index in [1.54, 1.807) is 0 Å². The van der Waals surface area contributed by atoms with Crippen LogP contribution in [0.2, 0.25) is 0 Å². The predicted molar refractivity (Wildman–Crippen MR) is 33.1 cm³/mol. The van der Waals surface area contributed by atoms with Crippen molar-refractivity contribution in [2.45, 2.75) is 19.1 Å². The minimum Gasteiger partial charge on any atom is -0.441 e. The minimum atomic E-state index is -1.21. The summed E-state index contributed by atoms with van der Waals surface area (Å²) in [4.78, 5) is 10.5. The molecule has 0 aliphatic rings. The Balaban J connectivity index is 3.72. The summed E-state index contributed by atoms with van der Waals surface area (Å²) in [6, 6.07) is 0. The highest BCUT2D eigenvalue weighted by atomic mass is 16.3. The van der Waals surface area contributed by atoms with Crippen LogP contribution in [0.25, 0.3) is 0 Å². The summed E-state index contributed by atoms with van der Waals surface area (Å²) in [7, 11) is 0. The second-order valence-electron chi connectivity index (χ2n) is 1.90. The Bertz CT molecular complexity index is 102. The third-order valence-corrected chi connectivity index (χ3v) is 1.00. The van der Waals surface area contributed by atoms with Crippen LogP contribution in [0.5, 0.6) is 0 Å². The van der Waals surface area contributed by atoms with Gasteiger partial charge in [-0.05, 0) is 0 Å². The first-order chi connectivity index (χ1) is 4.09. The van der Waals surface area contributed by atoms with Gasteiger partial charge in [0.05, 0.1) is 6.54 Å². The molecule has 0 saturated carbocycles. The van der Waals surface area contributed by atoms with Crippen molar-refractivity contribution >= 4 is 5.78 Å². The van der Waals surface area contributed by atoms with Crippen LogP contribution in [-0.4, -0.2) is 34.7 Å². The molecule has 0 heterocycles. The molecule has 0 aliphatic heterocycles. The lowest BCUT2D eigenvalue weighted by Gasteiger charge is -2.06. The van der Waals surface area contributed by atoms with Gasteiger partial charge in [-0.15, -0.1) is 0 Å². The van der Waals surface area contributed by atoms with Crippen molar-refractivity contribution in [1.82, 2.24) is 0 Å². The Morgan fingerprint density at radius 2 is 2.33 bits per heavy atom. The Hall–Kier alpha value is -0.450. The molecular weight excluding hydrogens is 122 g/mol. The third kappa shape index (κ3) is 2.55.